The Labute approximate surface area is 275 Å². The van der Waals surface area contributed by atoms with Crippen LogP contribution >= 0.6 is 0 Å². The quantitative estimate of drug-likeness (QED) is 0.208. The van der Waals surface area contributed by atoms with Gasteiger partial charge in [0.1, 0.15) is 18.1 Å². The minimum absolute atomic E-state index is 0.0306. The first-order valence-corrected chi connectivity index (χ1v) is 16.3. The largest absolute Gasteiger partial charge is 0.495 e. The molecule has 0 saturated carbocycles. The fourth-order valence-electron chi connectivity index (χ4n) is 4.80. The summed E-state index contributed by atoms with van der Waals surface area (Å²) in [6.45, 7) is 1.18. The van der Waals surface area contributed by atoms with E-state index in [0.717, 1.165) is 27.2 Å². The number of benzene rings is 3. The molecule has 5 aromatic rings. The maximum absolute atomic E-state index is 13.5. The minimum atomic E-state index is -3.61. The number of likely N-dealkylation sites (N-methyl/N-ethyl adjacent to an activating group) is 1. The first-order valence-electron chi connectivity index (χ1n) is 14.4. The van der Waals surface area contributed by atoms with Gasteiger partial charge in [-0.25, -0.2) is 27.0 Å². The molecule has 13 nitrogen and oxygen atoms in total. The lowest BCUT2D eigenvalue weighted by atomic mass is 10.00. The Morgan fingerprint density at radius 3 is 2.29 bits per heavy atom. The Bertz CT molecular complexity index is 2120. The lowest BCUT2D eigenvalue weighted by molar-refractivity contribution is -0.118. The smallest absolute Gasteiger partial charge is 0.407 e. The van der Waals surface area contributed by atoms with Crippen LogP contribution in [0.5, 0.6) is 5.75 Å². The lowest BCUT2D eigenvalue weighted by Crippen LogP contribution is -2.39. The average molecular weight is 675 g/mol. The second-order valence-corrected chi connectivity index (χ2v) is 13.0. The summed E-state index contributed by atoms with van der Waals surface area (Å²) in [5, 5.41) is 16.7. The summed E-state index contributed by atoms with van der Waals surface area (Å²) in [4.78, 5) is 44.1. The number of halogens is 1. The molecular formula is C33H31FN6O7S. The average Bonchev–Trinajstić information content (AvgIpc) is 3.47. The van der Waals surface area contributed by atoms with E-state index < -0.39 is 34.3 Å². The third kappa shape index (κ3) is 7.25. The third-order valence-electron chi connectivity index (χ3n) is 7.54. The number of sulfone groups is 1. The van der Waals surface area contributed by atoms with Crippen LogP contribution in [-0.4, -0.2) is 77.9 Å². The number of hydrogen-bond donors (Lipinski definition) is 2. The van der Waals surface area contributed by atoms with Crippen LogP contribution in [0.1, 0.15) is 18.4 Å². The van der Waals surface area contributed by atoms with Gasteiger partial charge in [0.25, 0.3) is 11.9 Å². The highest BCUT2D eigenvalue weighted by molar-refractivity contribution is 7.90. The third-order valence-corrected chi connectivity index (χ3v) is 8.65. The van der Waals surface area contributed by atoms with Crippen LogP contribution in [0, 0.1) is 5.82 Å². The number of pyridine rings is 1. The van der Waals surface area contributed by atoms with E-state index in [2.05, 4.69) is 15.4 Å². The number of anilines is 3. The standard InChI is InChI=1S/C33H31FN6O7S/c1-20(21-5-10-24(34)11-6-21)31(42)35-25-12-7-22(8-13-25)23-9-16-29-36-32(37-39(29)18-23)40(30(41)19-38(2)33(43)44)27-15-14-26(48(4,45)46)17-28(27)47-3/h5-18,20H,19H2,1-4H3,(H,35,42)(H,43,44)/t20-/m1/s1. The first kappa shape index (κ1) is 33.5. The summed E-state index contributed by atoms with van der Waals surface area (Å²) < 4.78 is 44.5. The number of carbonyl (C=O) groups is 3. The summed E-state index contributed by atoms with van der Waals surface area (Å²) in [5.74, 6) is -1.91. The predicted octanol–water partition coefficient (Wildman–Crippen LogP) is 4.96. The molecule has 3 aromatic carbocycles. The number of methoxy groups -OCH3 is 1. The summed E-state index contributed by atoms with van der Waals surface area (Å²) in [7, 11) is -1.07. The van der Waals surface area contributed by atoms with Gasteiger partial charge in [0, 0.05) is 36.8 Å². The van der Waals surface area contributed by atoms with E-state index in [1.807, 2.05) is 12.1 Å². The van der Waals surface area contributed by atoms with Gasteiger partial charge < -0.3 is 20.1 Å². The summed E-state index contributed by atoms with van der Waals surface area (Å²) in [5.41, 5.74) is 3.24. The van der Waals surface area contributed by atoms with Crippen molar-refractivity contribution in [2.45, 2.75) is 17.7 Å². The van der Waals surface area contributed by atoms with Crippen molar-refractivity contribution in [3.8, 4) is 16.9 Å². The van der Waals surface area contributed by atoms with Crippen molar-refractivity contribution >= 4 is 50.7 Å². The highest BCUT2D eigenvalue weighted by atomic mass is 32.2. The van der Waals surface area contributed by atoms with Gasteiger partial charge >= 0.3 is 6.09 Å². The van der Waals surface area contributed by atoms with Crippen LogP contribution in [0.2, 0.25) is 0 Å². The van der Waals surface area contributed by atoms with Gasteiger partial charge in [0.05, 0.1) is 23.6 Å². The second kappa shape index (κ2) is 13.5. The molecule has 0 unspecified atom stereocenters. The van der Waals surface area contributed by atoms with Gasteiger partial charge in [0.2, 0.25) is 5.91 Å². The van der Waals surface area contributed by atoms with Crippen molar-refractivity contribution in [3.63, 3.8) is 0 Å². The van der Waals surface area contributed by atoms with Crippen LogP contribution in [0.15, 0.2) is 90.0 Å². The molecule has 2 N–H and O–H groups in total. The number of ether oxygens (including phenoxy) is 1. The van der Waals surface area contributed by atoms with Crippen molar-refractivity contribution in [2.75, 3.05) is 37.2 Å². The van der Waals surface area contributed by atoms with Crippen molar-refractivity contribution < 1.29 is 37.0 Å². The summed E-state index contributed by atoms with van der Waals surface area (Å²) in [6.07, 6.45) is 1.39. The molecule has 15 heteroatoms. The van der Waals surface area contributed by atoms with Gasteiger partial charge in [-0.2, -0.15) is 4.98 Å². The van der Waals surface area contributed by atoms with E-state index in [4.69, 9.17) is 4.74 Å². The van der Waals surface area contributed by atoms with Crippen molar-refractivity contribution in [3.05, 3.63) is 96.4 Å². The molecule has 0 saturated heterocycles. The number of hydrogen-bond acceptors (Lipinski definition) is 8. The number of carbonyl (C=O) groups excluding carboxylic acids is 2. The van der Waals surface area contributed by atoms with Crippen molar-refractivity contribution in [2.24, 2.45) is 0 Å². The highest BCUT2D eigenvalue weighted by Crippen LogP contribution is 2.35. The molecule has 48 heavy (non-hydrogen) atoms. The van der Waals surface area contributed by atoms with Gasteiger partial charge in [-0.05, 0) is 66.6 Å². The summed E-state index contributed by atoms with van der Waals surface area (Å²) in [6, 6.07) is 20.3. The van der Waals surface area contributed by atoms with E-state index in [9.17, 15) is 32.3 Å². The molecule has 0 bridgehead atoms. The number of nitrogens with one attached hydrogen (secondary N) is 1. The molecule has 1 atom stereocenters. The molecule has 0 aliphatic heterocycles. The number of rotatable bonds is 10. The van der Waals surface area contributed by atoms with E-state index in [1.54, 1.807) is 49.5 Å². The first-order chi connectivity index (χ1) is 22.7. The van der Waals surface area contributed by atoms with Crippen LogP contribution in [0.25, 0.3) is 16.8 Å². The SMILES string of the molecule is COc1cc(S(C)(=O)=O)ccc1N(C(=O)CN(C)C(=O)O)c1nc2ccc(-c3ccc(NC(=O)[C@H](C)c4ccc(F)cc4)cc3)cn2n1. The Morgan fingerprint density at radius 2 is 1.67 bits per heavy atom. The van der Waals surface area contributed by atoms with Gasteiger partial charge in [0.15, 0.2) is 15.5 Å². The van der Waals surface area contributed by atoms with Crippen molar-refractivity contribution in [1.82, 2.24) is 19.5 Å². The highest BCUT2D eigenvalue weighted by Gasteiger charge is 2.28. The minimum Gasteiger partial charge on any atom is -0.495 e. The normalized spacial score (nSPS) is 11.9. The van der Waals surface area contributed by atoms with E-state index >= 15 is 0 Å². The van der Waals surface area contributed by atoms with Gasteiger partial charge in [-0.3, -0.25) is 9.59 Å². The van der Waals surface area contributed by atoms with E-state index in [1.165, 1.54) is 49.0 Å². The Morgan fingerprint density at radius 1 is 1.00 bits per heavy atom. The zero-order valence-corrected chi connectivity index (χ0v) is 27.1. The number of amides is 3. The summed E-state index contributed by atoms with van der Waals surface area (Å²) >= 11 is 0. The molecule has 0 aliphatic rings. The van der Waals surface area contributed by atoms with Crippen molar-refractivity contribution in [1.29, 1.82) is 0 Å². The van der Waals surface area contributed by atoms with Crippen LogP contribution in [0.4, 0.5) is 26.5 Å². The number of nitrogens with zero attached hydrogens (tertiary/aromatic N) is 5. The molecule has 0 fully saturated rings. The van der Waals surface area contributed by atoms with Gasteiger partial charge in [-0.1, -0.05) is 24.3 Å². The molecule has 3 amide bonds. The molecule has 2 heterocycles. The molecule has 2 aromatic heterocycles. The van der Waals surface area contributed by atoms with Crippen LogP contribution < -0.4 is 15.0 Å². The Kier molecular flexibility index (Phi) is 9.43. The molecule has 5 rings (SSSR count). The second-order valence-electron chi connectivity index (χ2n) is 10.9. The fourth-order valence-corrected chi connectivity index (χ4v) is 5.44. The monoisotopic (exact) mass is 674 g/mol. The molecule has 0 radical (unpaired) electrons. The Balaban J connectivity index is 1.44. The zero-order valence-electron chi connectivity index (χ0n) is 26.3. The van der Waals surface area contributed by atoms with Crippen LogP contribution in [0.3, 0.4) is 0 Å². The fraction of sp³-hybridized carbons (Fsp3) is 0.182. The number of aromatic nitrogens is 3. The lowest BCUT2D eigenvalue weighted by Gasteiger charge is -2.23. The topological polar surface area (TPSA) is 164 Å². The maximum atomic E-state index is 13.5. The molecule has 0 aliphatic carbocycles. The number of fused-ring (bicyclic) bond motifs is 1. The molecule has 248 valence electrons. The number of carboxylic acid groups (broad SMARTS) is 1. The molecule has 0 spiro atoms. The predicted molar refractivity (Wildman–Crippen MR) is 176 cm³/mol. The maximum Gasteiger partial charge on any atom is 0.407 e. The van der Waals surface area contributed by atoms with E-state index in [0.29, 0.717) is 16.9 Å². The molecular weight excluding hydrogens is 643 g/mol. The van der Waals surface area contributed by atoms with Gasteiger partial charge in [-0.15, -0.1) is 5.10 Å². The Hall–Kier alpha value is -5.83. The zero-order chi connectivity index (χ0) is 34.7. The van der Waals surface area contributed by atoms with Crippen LogP contribution in [-0.2, 0) is 19.4 Å². The van der Waals surface area contributed by atoms with E-state index in [-0.39, 0.29) is 34.0 Å².